The Morgan fingerprint density at radius 1 is 0.900 bits per heavy atom. The summed E-state index contributed by atoms with van der Waals surface area (Å²) in [7, 11) is 0. The fourth-order valence-electron chi connectivity index (χ4n) is 3.20. The molecular weight excluding hydrogens is 392 g/mol. The number of carbonyl (C=O) groups is 1. The zero-order valence-electron chi connectivity index (χ0n) is 16.3. The van der Waals surface area contributed by atoms with E-state index in [0.29, 0.717) is 11.6 Å². The van der Waals surface area contributed by atoms with Crippen molar-refractivity contribution in [3.05, 3.63) is 102 Å². The highest BCUT2D eigenvalue weighted by Crippen LogP contribution is 2.28. The first-order valence-electron chi connectivity index (χ1n) is 9.66. The number of para-hydroxylation sites is 1. The minimum absolute atomic E-state index is 0.221. The number of thiazole rings is 1. The van der Waals surface area contributed by atoms with Crippen molar-refractivity contribution in [1.29, 1.82) is 0 Å². The highest BCUT2D eigenvalue weighted by molar-refractivity contribution is 7.14. The zero-order chi connectivity index (χ0) is 20.8. The Hall–Kier alpha value is -3.48. The van der Waals surface area contributed by atoms with Crippen LogP contribution in [-0.4, -0.2) is 11.0 Å². The molecular formula is C24H22N4OS. The molecule has 1 atom stereocenters. The maximum atomic E-state index is 12.5. The van der Waals surface area contributed by atoms with Crippen LogP contribution in [0.25, 0.3) is 11.1 Å². The largest absolute Gasteiger partial charge is 0.325 e. The molecule has 0 bridgehead atoms. The summed E-state index contributed by atoms with van der Waals surface area (Å²) in [6.07, 6.45) is 0.695. The van der Waals surface area contributed by atoms with E-state index in [-0.39, 0.29) is 12.1 Å². The Balaban J connectivity index is 1.41. The second-order valence-electron chi connectivity index (χ2n) is 6.86. The molecule has 4 N–H and O–H groups in total. The Kier molecular flexibility index (Phi) is 6.17. The number of rotatable bonds is 6. The van der Waals surface area contributed by atoms with Gasteiger partial charge in [-0.05, 0) is 23.6 Å². The lowest BCUT2D eigenvalue weighted by molar-refractivity contribution is 0.262. The third kappa shape index (κ3) is 4.92. The lowest BCUT2D eigenvalue weighted by atomic mass is 10.0. The summed E-state index contributed by atoms with van der Waals surface area (Å²) in [5, 5.41) is 8.14. The van der Waals surface area contributed by atoms with Crippen molar-refractivity contribution in [2.24, 2.45) is 5.73 Å². The van der Waals surface area contributed by atoms with Crippen LogP contribution in [0.1, 0.15) is 17.3 Å². The van der Waals surface area contributed by atoms with Crippen molar-refractivity contribution in [2.75, 3.05) is 10.6 Å². The zero-order valence-corrected chi connectivity index (χ0v) is 17.1. The van der Waals surface area contributed by atoms with E-state index in [1.165, 1.54) is 11.3 Å². The third-order valence-electron chi connectivity index (χ3n) is 4.68. The van der Waals surface area contributed by atoms with Crippen LogP contribution < -0.4 is 16.4 Å². The Labute approximate surface area is 179 Å². The molecule has 0 saturated heterocycles. The summed E-state index contributed by atoms with van der Waals surface area (Å²) in [4.78, 5) is 17.0. The van der Waals surface area contributed by atoms with E-state index in [1.807, 2.05) is 90.3 Å². The number of aromatic nitrogens is 1. The van der Waals surface area contributed by atoms with Gasteiger partial charge >= 0.3 is 6.03 Å². The summed E-state index contributed by atoms with van der Waals surface area (Å²) >= 11 is 1.36. The number of hydrogen-bond acceptors (Lipinski definition) is 4. The number of nitrogens with one attached hydrogen (secondary N) is 2. The molecule has 1 aromatic heterocycles. The molecule has 0 aliphatic carbocycles. The molecule has 3 aromatic carbocycles. The average molecular weight is 415 g/mol. The molecule has 4 aromatic rings. The molecule has 0 saturated carbocycles. The summed E-state index contributed by atoms with van der Waals surface area (Å²) < 4.78 is 0. The maximum Gasteiger partial charge on any atom is 0.325 e. The van der Waals surface area contributed by atoms with Gasteiger partial charge in [0, 0.05) is 10.9 Å². The molecule has 0 spiro atoms. The lowest BCUT2D eigenvalue weighted by Crippen LogP contribution is -2.20. The van der Waals surface area contributed by atoms with E-state index < -0.39 is 0 Å². The first kappa shape index (κ1) is 19.8. The summed E-state index contributed by atoms with van der Waals surface area (Å²) in [5.74, 6) is 0. The molecule has 6 heteroatoms. The number of nitrogens with two attached hydrogens (primary N) is 1. The standard InChI is InChI=1S/C24H22N4OS/c25-20(15-17-9-3-1-4-10-17)22-16-30-24(27-22)28-23(29)26-21-14-8-7-13-19(21)18-11-5-2-6-12-18/h1-14,16,20H,15,25H2,(H2,26,27,28,29). The van der Waals surface area contributed by atoms with Gasteiger partial charge in [0.1, 0.15) is 0 Å². The maximum absolute atomic E-state index is 12.5. The average Bonchev–Trinajstić information content (AvgIpc) is 3.24. The van der Waals surface area contributed by atoms with Crippen LogP contribution in [0.15, 0.2) is 90.3 Å². The van der Waals surface area contributed by atoms with Crippen molar-refractivity contribution in [1.82, 2.24) is 4.98 Å². The van der Waals surface area contributed by atoms with Crippen LogP contribution in [0.2, 0.25) is 0 Å². The molecule has 0 aliphatic rings. The Bertz CT molecular complexity index is 1110. The van der Waals surface area contributed by atoms with Crippen LogP contribution in [0.3, 0.4) is 0 Å². The lowest BCUT2D eigenvalue weighted by Gasteiger charge is -2.11. The number of anilines is 2. The van der Waals surface area contributed by atoms with Crippen molar-refractivity contribution >= 4 is 28.2 Å². The topological polar surface area (TPSA) is 80.0 Å². The minimum Gasteiger partial charge on any atom is -0.322 e. The van der Waals surface area contributed by atoms with E-state index in [4.69, 9.17) is 5.73 Å². The fourth-order valence-corrected chi connectivity index (χ4v) is 3.97. The normalized spacial score (nSPS) is 11.6. The monoisotopic (exact) mass is 414 g/mol. The molecule has 0 aliphatic heterocycles. The summed E-state index contributed by atoms with van der Waals surface area (Å²) in [6, 6.07) is 27.1. The molecule has 4 rings (SSSR count). The highest BCUT2D eigenvalue weighted by Gasteiger charge is 2.14. The molecule has 150 valence electrons. The molecule has 1 heterocycles. The van der Waals surface area contributed by atoms with Crippen molar-refractivity contribution in [3.8, 4) is 11.1 Å². The summed E-state index contributed by atoms with van der Waals surface area (Å²) in [6.45, 7) is 0. The predicted molar refractivity (Wildman–Crippen MR) is 124 cm³/mol. The molecule has 5 nitrogen and oxygen atoms in total. The van der Waals surface area contributed by atoms with Crippen LogP contribution in [0.4, 0.5) is 15.6 Å². The van der Waals surface area contributed by atoms with Gasteiger partial charge in [-0.15, -0.1) is 11.3 Å². The van der Waals surface area contributed by atoms with Gasteiger partial charge in [0.05, 0.1) is 17.4 Å². The van der Waals surface area contributed by atoms with E-state index in [2.05, 4.69) is 15.6 Å². The van der Waals surface area contributed by atoms with Gasteiger partial charge in [0.15, 0.2) is 5.13 Å². The van der Waals surface area contributed by atoms with Gasteiger partial charge in [-0.1, -0.05) is 78.9 Å². The second-order valence-corrected chi connectivity index (χ2v) is 7.72. The molecule has 2 amide bonds. The van der Waals surface area contributed by atoms with Gasteiger partial charge < -0.3 is 11.1 Å². The second kappa shape index (κ2) is 9.35. The number of nitrogens with zero attached hydrogens (tertiary/aromatic N) is 1. The van der Waals surface area contributed by atoms with Crippen molar-refractivity contribution in [2.45, 2.75) is 12.5 Å². The number of hydrogen-bond donors (Lipinski definition) is 3. The van der Waals surface area contributed by atoms with Gasteiger partial charge in [-0.3, -0.25) is 5.32 Å². The van der Waals surface area contributed by atoms with E-state index in [1.54, 1.807) is 0 Å². The molecule has 0 radical (unpaired) electrons. The quantitative estimate of drug-likeness (QED) is 0.379. The first-order chi connectivity index (χ1) is 14.7. The van der Waals surface area contributed by atoms with E-state index >= 15 is 0 Å². The van der Waals surface area contributed by atoms with E-state index in [9.17, 15) is 4.79 Å². The van der Waals surface area contributed by atoms with E-state index in [0.717, 1.165) is 28.1 Å². The predicted octanol–water partition coefficient (Wildman–Crippen LogP) is 5.70. The first-order valence-corrected chi connectivity index (χ1v) is 10.5. The summed E-state index contributed by atoms with van der Waals surface area (Å²) in [5.41, 5.74) is 10.9. The number of benzene rings is 3. The smallest absolute Gasteiger partial charge is 0.322 e. The van der Waals surface area contributed by atoms with Crippen molar-refractivity contribution in [3.63, 3.8) is 0 Å². The number of amides is 2. The van der Waals surface area contributed by atoms with Gasteiger partial charge in [-0.25, -0.2) is 9.78 Å². The van der Waals surface area contributed by atoms with Gasteiger partial charge in [0.25, 0.3) is 0 Å². The number of carbonyl (C=O) groups excluding carboxylic acids is 1. The molecule has 30 heavy (non-hydrogen) atoms. The van der Waals surface area contributed by atoms with Gasteiger partial charge in [0.2, 0.25) is 0 Å². The van der Waals surface area contributed by atoms with Gasteiger partial charge in [-0.2, -0.15) is 0 Å². The van der Waals surface area contributed by atoms with Crippen LogP contribution in [-0.2, 0) is 6.42 Å². The molecule has 0 fully saturated rings. The Morgan fingerprint density at radius 3 is 2.33 bits per heavy atom. The van der Waals surface area contributed by atoms with Crippen LogP contribution in [0.5, 0.6) is 0 Å². The fraction of sp³-hybridized carbons (Fsp3) is 0.0833. The minimum atomic E-state index is -0.337. The third-order valence-corrected chi connectivity index (χ3v) is 5.46. The molecule has 1 unspecified atom stereocenters. The number of urea groups is 1. The SMILES string of the molecule is NC(Cc1ccccc1)c1csc(NC(=O)Nc2ccccc2-c2ccccc2)n1. The van der Waals surface area contributed by atoms with Crippen LogP contribution >= 0.6 is 11.3 Å². The van der Waals surface area contributed by atoms with Crippen molar-refractivity contribution < 1.29 is 4.79 Å². The Morgan fingerprint density at radius 2 is 1.57 bits per heavy atom. The highest BCUT2D eigenvalue weighted by atomic mass is 32.1. The van der Waals surface area contributed by atoms with Crippen LogP contribution in [0, 0.1) is 0 Å².